The Balaban J connectivity index is 1.97. The second kappa shape index (κ2) is 6.22. The summed E-state index contributed by atoms with van der Waals surface area (Å²) < 4.78 is 5.23. The minimum Gasteiger partial charge on any atom is -0.481 e. The van der Waals surface area contributed by atoms with Gasteiger partial charge in [0.2, 0.25) is 0 Å². The normalized spacial score (nSPS) is 31.7. The first-order valence-electron chi connectivity index (χ1n) is 7.67. The van der Waals surface area contributed by atoms with Gasteiger partial charge in [0.25, 0.3) is 0 Å². The van der Waals surface area contributed by atoms with E-state index in [0.717, 1.165) is 19.3 Å². The molecule has 2 aliphatic rings. The number of ether oxygens (including phenoxy) is 1. The lowest BCUT2D eigenvalue weighted by Crippen LogP contribution is -2.54. The van der Waals surface area contributed by atoms with Crippen LogP contribution in [0, 0.1) is 11.3 Å². The standard InChI is InChI=1S/C15H26N2O4/c1-15(2)7-5-4-6-12(15)16-14(20)17(3)11-9-21-8-10(11)13(18)19/h10-12H,4-9H2,1-3H3,(H,16,20)(H,18,19). The summed E-state index contributed by atoms with van der Waals surface area (Å²) in [6, 6.07) is -0.447. The summed E-state index contributed by atoms with van der Waals surface area (Å²) in [6.45, 7) is 4.81. The summed E-state index contributed by atoms with van der Waals surface area (Å²) in [4.78, 5) is 25.1. The molecule has 0 bridgehead atoms. The van der Waals surface area contributed by atoms with Crippen LogP contribution in [-0.2, 0) is 9.53 Å². The molecule has 2 amide bonds. The van der Waals surface area contributed by atoms with E-state index in [9.17, 15) is 14.7 Å². The van der Waals surface area contributed by atoms with Crippen LogP contribution in [0.2, 0.25) is 0 Å². The summed E-state index contributed by atoms with van der Waals surface area (Å²) in [6.07, 6.45) is 4.41. The van der Waals surface area contributed by atoms with Crippen LogP contribution in [-0.4, -0.2) is 54.4 Å². The molecule has 6 nitrogen and oxygen atoms in total. The molecule has 2 rings (SSSR count). The largest absolute Gasteiger partial charge is 0.481 e. The number of urea groups is 1. The Kier molecular flexibility index (Phi) is 4.76. The fourth-order valence-electron chi connectivity index (χ4n) is 3.32. The van der Waals surface area contributed by atoms with Crippen molar-refractivity contribution < 1.29 is 19.4 Å². The number of amides is 2. The molecule has 0 aromatic rings. The maximum Gasteiger partial charge on any atom is 0.317 e. The lowest BCUT2D eigenvalue weighted by Gasteiger charge is -2.40. The van der Waals surface area contributed by atoms with E-state index < -0.39 is 17.9 Å². The highest BCUT2D eigenvalue weighted by Gasteiger charge is 2.40. The van der Waals surface area contributed by atoms with Crippen molar-refractivity contribution in [2.75, 3.05) is 20.3 Å². The number of carbonyl (C=O) groups is 2. The smallest absolute Gasteiger partial charge is 0.317 e. The van der Waals surface area contributed by atoms with Gasteiger partial charge in [-0.25, -0.2) is 4.79 Å². The third kappa shape index (κ3) is 3.48. The third-order valence-electron chi connectivity index (χ3n) is 4.99. The Bertz CT molecular complexity index is 410. The summed E-state index contributed by atoms with van der Waals surface area (Å²) in [5.41, 5.74) is 0.0904. The predicted molar refractivity (Wildman–Crippen MR) is 78.1 cm³/mol. The average Bonchev–Trinajstić information content (AvgIpc) is 2.89. The topological polar surface area (TPSA) is 78.9 Å². The second-order valence-corrected chi connectivity index (χ2v) is 6.90. The third-order valence-corrected chi connectivity index (χ3v) is 4.99. The zero-order valence-corrected chi connectivity index (χ0v) is 13.1. The summed E-state index contributed by atoms with van der Waals surface area (Å²) in [7, 11) is 1.65. The van der Waals surface area contributed by atoms with Crippen LogP contribution in [0.3, 0.4) is 0 Å². The molecule has 1 aliphatic carbocycles. The zero-order chi connectivity index (χ0) is 15.6. The van der Waals surface area contributed by atoms with E-state index in [4.69, 9.17) is 4.74 Å². The molecule has 0 radical (unpaired) electrons. The fraction of sp³-hybridized carbons (Fsp3) is 0.867. The lowest BCUT2D eigenvalue weighted by atomic mass is 9.73. The van der Waals surface area contributed by atoms with Gasteiger partial charge in [-0.3, -0.25) is 4.79 Å². The van der Waals surface area contributed by atoms with Crippen LogP contribution in [0.4, 0.5) is 4.79 Å². The molecule has 1 saturated carbocycles. The first kappa shape index (κ1) is 16.1. The maximum atomic E-state index is 12.4. The molecule has 3 atom stereocenters. The molecule has 1 saturated heterocycles. The first-order chi connectivity index (χ1) is 9.83. The van der Waals surface area contributed by atoms with E-state index in [1.807, 2.05) is 0 Å². The van der Waals surface area contributed by atoms with Crippen molar-refractivity contribution in [2.45, 2.75) is 51.6 Å². The van der Waals surface area contributed by atoms with Crippen LogP contribution in [0.25, 0.3) is 0 Å². The van der Waals surface area contributed by atoms with E-state index in [2.05, 4.69) is 19.2 Å². The van der Waals surface area contributed by atoms with Gasteiger partial charge in [-0.2, -0.15) is 0 Å². The lowest BCUT2D eigenvalue weighted by molar-refractivity contribution is -0.142. The van der Waals surface area contributed by atoms with Crippen molar-refractivity contribution in [3.05, 3.63) is 0 Å². The van der Waals surface area contributed by atoms with Gasteiger partial charge in [-0.15, -0.1) is 0 Å². The number of nitrogens with one attached hydrogen (secondary N) is 1. The van der Waals surface area contributed by atoms with Crippen molar-refractivity contribution in [1.82, 2.24) is 10.2 Å². The van der Waals surface area contributed by atoms with Crippen LogP contribution in [0.1, 0.15) is 39.5 Å². The molecule has 0 spiro atoms. The summed E-state index contributed by atoms with van der Waals surface area (Å²) in [5.74, 6) is -1.55. The van der Waals surface area contributed by atoms with E-state index in [1.165, 1.54) is 11.3 Å². The molecule has 21 heavy (non-hydrogen) atoms. The Morgan fingerprint density at radius 1 is 1.29 bits per heavy atom. The van der Waals surface area contributed by atoms with Crippen LogP contribution in [0.5, 0.6) is 0 Å². The number of aliphatic carboxylic acids is 1. The molecule has 1 aliphatic heterocycles. The van der Waals surface area contributed by atoms with E-state index in [0.29, 0.717) is 0 Å². The van der Waals surface area contributed by atoms with E-state index in [-0.39, 0.29) is 30.7 Å². The second-order valence-electron chi connectivity index (χ2n) is 6.90. The number of hydrogen-bond donors (Lipinski definition) is 2. The van der Waals surface area contributed by atoms with Gasteiger partial charge < -0.3 is 20.1 Å². The Labute approximate surface area is 125 Å². The monoisotopic (exact) mass is 298 g/mol. The van der Waals surface area contributed by atoms with Crippen LogP contribution >= 0.6 is 0 Å². The number of nitrogens with zero attached hydrogens (tertiary/aromatic N) is 1. The number of carboxylic acids is 1. The predicted octanol–water partition coefficient (Wildman–Crippen LogP) is 1.70. The van der Waals surface area contributed by atoms with Gasteiger partial charge in [0.1, 0.15) is 5.92 Å². The van der Waals surface area contributed by atoms with Gasteiger partial charge in [-0.05, 0) is 18.3 Å². The minimum atomic E-state index is -0.907. The van der Waals surface area contributed by atoms with Crippen LogP contribution < -0.4 is 5.32 Å². The van der Waals surface area contributed by atoms with Crippen molar-refractivity contribution >= 4 is 12.0 Å². The van der Waals surface area contributed by atoms with Crippen molar-refractivity contribution in [1.29, 1.82) is 0 Å². The Morgan fingerprint density at radius 3 is 2.62 bits per heavy atom. The van der Waals surface area contributed by atoms with Gasteiger partial charge in [0.15, 0.2) is 0 Å². The van der Waals surface area contributed by atoms with Gasteiger partial charge in [0.05, 0.1) is 19.3 Å². The van der Waals surface area contributed by atoms with Crippen molar-refractivity contribution in [3.63, 3.8) is 0 Å². The highest BCUT2D eigenvalue weighted by molar-refractivity contribution is 5.77. The average molecular weight is 298 g/mol. The molecule has 6 heteroatoms. The quantitative estimate of drug-likeness (QED) is 0.831. The fourth-order valence-corrected chi connectivity index (χ4v) is 3.32. The molecule has 2 N–H and O–H groups in total. The van der Waals surface area contributed by atoms with Crippen molar-refractivity contribution in [2.24, 2.45) is 11.3 Å². The van der Waals surface area contributed by atoms with Gasteiger partial charge in [0, 0.05) is 13.1 Å². The van der Waals surface area contributed by atoms with Gasteiger partial charge >= 0.3 is 12.0 Å². The molecule has 2 fully saturated rings. The molecule has 0 aromatic heterocycles. The van der Waals surface area contributed by atoms with E-state index >= 15 is 0 Å². The molecular formula is C15H26N2O4. The Morgan fingerprint density at radius 2 is 2.00 bits per heavy atom. The van der Waals surface area contributed by atoms with Crippen molar-refractivity contribution in [3.8, 4) is 0 Å². The van der Waals surface area contributed by atoms with E-state index in [1.54, 1.807) is 7.05 Å². The SMILES string of the molecule is CN(C(=O)NC1CCCCC1(C)C)C1COCC1C(=O)O. The van der Waals surface area contributed by atoms with Crippen LogP contribution in [0.15, 0.2) is 0 Å². The molecule has 0 aromatic carbocycles. The zero-order valence-electron chi connectivity index (χ0n) is 13.1. The molecule has 3 unspecified atom stereocenters. The number of rotatable bonds is 3. The number of hydrogen-bond acceptors (Lipinski definition) is 3. The highest BCUT2D eigenvalue weighted by Crippen LogP contribution is 2.35. The Hall–Kier alpha value is -1.30. The highest BCUT2D eigenvalue weighted by atomic mass is 16.5. The minimum absolute atomic E-state index is 0.0904. The maximum absolute atomic E-state index is 12.4. The number of carbonyl (C=O) groups excluding carboxylic acids is 1. The summed E-state index contributed by atoms with van der Waals surface area (Å²) >= 11 is 0. The molecular weight excluding hydrogens is 272 g/mol. The molecule has 120 valence electrons. The number of carboxylic acid groups (broad SMARTS) is 1. The number of likely N-dealkylation sites (N-methyl/N-ethyl adjacent to an activating group) is 1. The first-order valence-corrected chi connectivity index (χ1v) is 7.67. The summed E-state index contributed by atoms with van der Waals surface area (Å²) in [5, 5.41) is 12.3. The molecule has 1 heterocycles. The van der Waals surface area contributed by atoms with Gasteiger partial charge in [-0.1, -0.05) is 26.7 Å².